The summed E-state index contributed by atoms with van der Waals surface area (Å²) in [4.78, 5) is 0. The predicted octanol–water partition coefficient (Wildman–Crippen LogP) is 3.27. The van der Waals surface area contributed by atoms with Crippen molar-refractivity contribution in [2.75, 3.05) is 0 Å². The van der Waals surface area contributed by atoms with Crippen molar-refractivity contribution in [3.05, 3.63) is 58.3 Å². The van der Waals surface area contributed by atoms with Crippen molar-refractivity contribution >= 4 is 11.6 Å². The Hall–Kier alpha value is -2.18. The molecule has 3 aromatic rings. The zero-order valence-electron chi connectivity index (χ0n) is 13.2. The highest BCUT2D eigenvalue weighted by Crippen LogP contribution is 2.49. The molecule has 0 aliphatic heterocycles. The second-order valence-corrected chi connectivity index (χ2v) is 6.35. The smallest absolute Gasteiger partial charge is 0.154 e. The minimum absolute atomic E-state index is 0.343. The first-order valence-electron chi connectivity index (χ1n) is 7.74. The molecule has 0 bridgehead atoms. The number of rotatable bonds is 2. The number of aliphatic hydroxyl groups is 1. The third-order valence-electron chi connectivity index (χ3n) is 4.50. The Morgan fingerprint density at radius 1 is 1.21 bits per heavy atom. The summed E-state index contributed by atoms with van der Waals surface area (Å²) in [5.74, 6) is -0.822. The van der Waals surface area contributed by atoms with Gasteiger partial charge in [-0.15, -0.1) is 0 Å². The van der Waals surface area contributed by atoms with Crippen LogP contribution in [0, 0.1) is 5.82 Å². The fraction of sp³-hybridized carbons (Fsp3) is 0.294. The van der Waals surface area contributed by atoms with E-state index in [-0.39, 0.29) is 5.82 Å². The van der Waals surface area contributed by atoms with Crippen LogP contribution in [0.5, 0.6) is 0 Å². The summed E-state index contributed by atoms with van der Waals surface area (Å²) in [6, 6.07) is 4.40. The van der Waals surface area contributed by atoms with Crippen LogP contribution >= 0.6 is 11.6 Å². The van der Waals surface area contributed by atoms with Crippen LogP contribution in [0.2, 0.25) is 5.15 Å². The Morgan fingerprint density at radius 2 is 2.00 bits per heavy atom. The minimum atomic E-state index is -0.917. The molecule has 5 nitrogen and oxygen atoms in total. The first kappa shape index (κ1) is 15.4. The van der Waals surface area contributed by atoms with Crippen LogP contribution in [0.25, 0.3) is 11.3 Å². The van der Waals surface area contributed by atoms with Gasteiger partial charge in [-0.1, -0.05) is 11.6 Å². The van der Waals surface area contributed by atoms with Gasteiger partial charge in [0.15, 0.2) is 5.15 Å². The normalized spacial score (nSPS) is 19.2. The number of fused-ring (bicyclic) bond motifs is 3. The average molecular weight is 347 g/mol. The molecule has 1 unspecified atom stereocenters. The van der Waals surface area contributed by atoms with E-state index in [4.69, 9.17) is 11.6 Å². The highest BCUT2D eigenvalue weighted by molar-refractivity contribution is 6.30. The Kier molecular flexibility index (Phi) is 3.47. The first-order valence-corrected chi connectivity index (χ1v) is 8.11. The fourth-order valence-corrected chi connectivity index (χ4v) is 3.67. The summed E-state index contributed by atoms with van der Waals surface area (Å²) < 4.78 is 17.2. The molecule has 1 aliphatic carbocycles. The number of hydrogen-bond acceptors (Lipinski definition) is 3. The standard InChI is InChI=1S/C17H16ClFN4O/c1-3-23-8-13(17(18)21-23)14-12-7-22(2)20-15(12)10-5-4-9(19)6-11(10)16(14)24/h4-8,14,16,24H,3H2,1-2H3/t14?,16-/m1/s1. The number of halogens is 2. The van der Waals surface area contributed by atoms with E-state index in [0.717, 1.165) is 22.4 Å². The van der Waals surface area contributed by atoms with Crippen molar-refractivity contribution in [3.63, 3.8) is 0 Å². The van der Waals surface area contributed by atoms with E-state index in [2.05, 4.69) is 10.2 Å². The molecule has 4 rings (SSSR count). The SMILES string of the molecule is CCn1cc(C2c3cn(C)nc3-c3ccc(F)cc3[C@H]2O)c(Cl)n1. The van der Waals surface area contributed by atoms with Crippen molar-refractivity contribution < 1.29 is 9.50 Å². The van der Waals surface area contributed by atoms with Crippen LogP contribution in [-0.4, -0.2) is 24.7 Å². The third kappa shape index (κ3) is 2.17. The summed E-state index contributed by atoms with van der Waals surface area (Å²) in [5, 5.41) is 20.1. The molecule has 124 valence electrons. The van der Waals surface area contributed by atoms with Gasteiger partial charge in [0.1, 0.15) is 5.82 Å². The number of benzene rings is 1. The molecule has 0 amide bonds. The van der Waals surface area contributed by atoms with Crippen molar-refractivity contribution in [1.82, 2.24) is 19.6 Å². The molecule has 2 heterocycles. The molecule has 0 saturated carbocycles. The van der Waals surface area contributed by atoms with Crippen LogP contribution in [-0.2, 0) is 13.6 Å². The summed E-state index contributed by atoms with van der Waals surface area (Å²) in [6.45, 7) is 2.64. The van der Waals surface area contributed by atoms with E-state index in [1.165, 1.54) is 12.1 Å². The second kappa shape index (κ2) is 5.43. The third-order valence-corrected chi connectivity index (χ3v) is 4.79. The zero-order valence-corrected chi connectivity index (χ0v) is 14.0. The lowest BCUT2D eigenvalue weighted by Crippen LogP contribution is -2.18. The van der Waals surface area contributed by atoms with Crippen LogP contribution in [0.4, 0.5) is 4.39 Å². The zero-order chi connectivity index (χ0) is 17.0. The van der Waals surface area contributed by atoms with Gasteiger partial charge in [0.05, 0.1) is 11.8 Å². The second-order valence-electron chi connectivity index (χ2n) is 5.99. The van der Waals surface area contributed by atoms with Gasteiger partial charge in [0.25, 0.3) is 0 Å². The van der Waals surface area contributed by atoms with Gasteiger partial charge in [-0.3, -0.25) is 9.36 Å². The molecule has 2 aromatic heterocycles. The van der Waals surface area contributed by atoms with Crippen molar-refractivity contribution in [3.8, 4) is 11.3 Å². The van der Waals surface area contributed by atoms with Gasteiger partial charge < -0.3 is 5.11 Å². The molecule has 0 fully saturated rings. The number of hydrogen-bond donors (Lipinski definition) is 1. The fourth-order valence-electron chi connectivity index (χ4n) is 3.41. The monoisotopic (exact) mass is 346 g/mol. The molecule has 7 heteroatoms. The molecule has 24 heavy (non-hydrogen) atoms. The summed E-state index contributed by atoms with van der Waals surface area (Å²) in [5.41, 5.74) is 3.58. The first-order chi connectivity index (χ1) is 11.5. The van der Waals surface area contributed by atoms with E-state index in [1.807, 2.05) is 26.4 Å². The van der Waals surface area contributed by atoms with Crippen molar-refractivity contribution in [2.45, 2.75) is 25.5 Å². The van der Waals surface area contributed by atoms with E-state index < -0.39 is 12.0 Å². The van der Waals surface area contributed by atoms with E-state index in [1.54, 1.807) is 15.4 Å². The topological polar surface area (TPSA) is 55.9 Å². The molecule has 0 spiro atoms. The van der Waals surface area contributed by atoms with E-state index in [0.29, 0.717) is 17.3 Å². The Morgan fingerprint density at radius 3 is 2.71 bits per heavy atom. The molecule has 1 aromatic carbocycles. The van der Waals surface area contributed by atoms with Crippen LogP contribution in [0.3, 0.4) is 0 Å². The highest BCUT2D eigenvalue weighted by atomic mass is 35.5. The summed E-state index contributed by atoms with van der Waals surface area (Å²) >= 11 is 6.31. The maximum absolute atomic E-state index is 13.7. The lowest BCUT2D eigenvalue weighted by Gasteiger charge is -2.29. The lowest BCUT2D eigenvalue weighted by atomic mass is 9.77. The van der Waals surface area contributed by atoms with Gasteiger partial charge in [0.2, 0.25) is 0 Å². The summed E-state index contributed by atoms with van der Waals surface area (Å²) in [6.07, 6.45) is 2.78. The highest BCUT2D eigenvalue weighted by Gasteiger charge is 2.38. The Balaban J connectivity index is 1.96. The largest absolute Gasteiger partial charge is 0.387 e. The quantitative estimate of drug-likeness (QED) is 0.774. The minimum Gasteiger partial charge on any atom is -0.387 e. The molecule has 1 aliphatic rings. The van der Waals surface area contributed by atoms with Gasteiger partial charge in [-0.05, 0) is 30.7 Å². The van der Waals surface area contributed by atoms with Gasteiger partial charge in [-0.25, -0.2) is 4.39 Å². The number of aryl methyl sites for hydroxylation is 2. The predicted molar refractivity (Wildman–Crippen MR) is 88.3 cm³/mol. The average Bonchev–Trinajstić information content (AvgIpc) is 3.11. The van der Waals surface area contributed by atoms with Crippen molar-refractivity contribution in [1.29, 1.82) is 0 Å². The molecule has 0 saturated heterocycles. The lowest BCUT2D eigenvalue weighted by molar-refractivity contribution is 0.157. The molecular weight excluding hydrogens is 331 g/mol. The maximum atomic E-state index is 13.7. The van der Waals surface area contributed by atoms with Crippen molar-refractivity contribution in [2.24, 2.45) is 7.05 Å². The van der Waals surface area contributed by atoms with Crippen LogP contribution in [0.1, 0.15) is 35.6 Å². The summed E-state index contributed by atoms with van der Waals surface area (Å²) in [7, 11) is 1.82. The van der Waals surface area contributed by atoms with E-state index in [9.17, 15) is 9.50 Å². The molecule has 1 N–H and O–H groups in total. The Bertz CT molecular complexity index is 933. The van der Waals surface area contributed by atoms with Crippen LogP contribution in [0.15, 0.2) is 30.6 Å². The number of nitrogens with zero attached hydrogens (tertiary/aromatic N) is 4. The van der Waals surface area contributed by atoms with Gasteiger partial charge in [0, 0.05) is 48.6 Å². The number of aromatic nitrogens is 4. The Labute approximate surface area is 143 Å². The molecule has 2 atom stereocenters. The molecule has 0 radical (unpaired) electrons. The molecular formula is C17H16ClFN4O. The van der Waals surface area contributed by atoms with Gasteiger partial charge in [-0.2, -0.15) is 10.2 Å². The van der Waals surface area contributed by atoms with Crippen LogP contribution < -0.4 is 0 Å². The van der Waals surface area contributed by atoms with E-state index >= 15 is 0 Å². The number of aliphatic hydroxyl groups excluding tert-OH is 1. The van der Waals surface area contributed by atoms with Gasteiger partial charge >= 0.3 is 0 Å². The maximum Gasteiger partial charge on any atom is 0.154 e.